The number of halogens is 1. The average molecular weight is 311 g/mol. The fraction of sp³-hybridized carbons (Fsp3) is 0.308. The molecular formula is C13H15ClN4O3. The van der Waals surface area contributed by atoms with Crippen LogP contribution in [0.3, 0.4) is 0 Å². The van der Waals surface area contributed by atoms with Crippen molar-refractivity contribution in [1.29, 1.82) is 0 Å². The first kappa shape index (κ1) is 15.3. The fourth-order valence-electron chi connectivity index (χ4n) is 1.94. The van der Waals surface area contributed by atoms with Crippen LogP contribution in [0.5, 0.6) is 0 Å². The highest BCUT2D eigenvalue weighted by Crippen LogP contribution is 2.30. The van der Waals surface area contributed by atoms with Crippen LogP contribution < -0.4 is 5.32 Å². The molecule has 7 nitrogen and oxygen atoms in total. The zero-order valence-corrected chi connectivity index (χ0v) is 12.3. The highest BCUT2D eigenvalue weighted by Gasteiger charge is 2.15. The molecule has 0 saturated heterocycles. The highest BCUT2D eigenvalue weighted by molar-refractivity contribution is 6.33. The van der Waals surface area contributed by atoms with Crippen LogP contribution in [0.4, 0.5) is 11.4 Å². The summed E-state index contributed by atoms with van der Waals surface area (Å²) in [5, 5.41) is 28.1. The van der Waals surface area contributed by atoms with Gasteiger partial charge in [0.25, 0.3) is 5.69 Å². The van der Waals surface area contributed by atoms with Crippen molar-refractivity contribution in [3.8, 4) is 0 Å². The van der Waals surface area contributed by atoms with E-state index >= 15 is 0 Å². The average Bonchev–Trinajstić information content (AvgIpc) is 2.85. The van der Waals surface area contributed by atoms with Gasteiger partial charge in [0.1, 0.15) is 0 Å². The summed E-state index contributed by atoms with van der Waals surface area (Å²) >= 11 is 6.01. The Morgan fingerprint density at radius 3 is 2.86 bits per heavy atom. The van der Waals surface area contributed by atoms with Crippen molar-refractivity contribution in [2.75, 3.05) is 11.9 Å². The Morgan fingerprint density at radius 2 is 2.29 bits per heavy atom. The van der Waals surface area contributed by atoms with Gasteiger partial charge < -0.3 is 10.4 Å². The topological polar surface area (TPSA) is 93.2 Å². The Kier molecular flexibility index (Phi) is 4.44. The molecule has 0 fully saturated rings. The van der Waals surface area contributed by atoms with Gasteiger partial charge in [0.2, 0.25) is 0 Å². The van der Waals surface area contributed by atoms with E-state index < -0.39 is 11.0 Å². The summed E-state index contributed by atoms with van der Waals surface area (Å²) in [6, 6.07) is 2.89. The van der Waals surface area contributed by atoms with E-state index in [1.54, 1.807) is 37.1 Å². The number of hydrogen-bond donors (Lipinski definition) is 2. The van der Waals surface area contributed by atoms with Gasteiger partial charge in [0.05, 0.1) is 27.9 Å². The van der Waals surface area contributed by atoms with E-state index in [-0.39, 0.29) is 17.3 Å². The maximum Gasteiger partial charge on any atom is 0.273 e. The van der Waals surface area contributed by atoms with Crippen molar-refractivity contribution >= 4 is 23.0 Å². The molecule has 0 aliphatic carbocycles. The van der Waals surface area contributed by atoms with Crippen LogP contribution in [0.15, 0.2) is 24.5 Å². The van der Waals surface area contributed by atoms with Crippen LogP contribution in [-0.2, 0) is 7.05 Å². The van der Waals surface area contributed by atoms with Gasteiger partial charge in [-0.2, -0.15) is 5.10 Å². The van der Waals surface area contributed by atoms with Gasteiger partial charge >= 0.3 is 0 Å². The van der Waals surface area contributed by atoms with Gasteiger partial charge in [-0.1, -0.05) is 11.6 Å². The second kappa shape index (κ2) is 6.11. The second-order valence-electron chi connectivity index (χ2n) is 4.72. The van der Waals surface area contributed by atoms with Gasteiger partial charge in [0, 0.05) is 37.0 Å². The molecule has 0 aliphatic heterocycles. The Balaban J connectivity index is 2.10. The van der Waals surface area contributed by atoms with Gasteiger partial charge in [0.15, 0.2) is 0 Å². The summed E-state index contributed by atoms with van der Waals surface area (Å²) < 4.78 is 1.60. The monoisotopic (exact) mass is 310 g/mol. The van der Waals surface area contributed by atoms with Crippen molar-refractivity contribution in [2.45, 2.75) is 13.0 Å². The predicted octanol–water partition coefficient (Wildman–Crippen LogP) is 2.44. The number of aromatic nitrogens is 2. The first-order chi connectivity index (χ1) is 9.88. The number of nitro groups is 1. The molecule has 1 aromatic heterocycles. The van der Waals surface area contributed by atoms with Crippen molar-refractivity contribution in [3.05, 3.63) is 50.8 Å². The molecule has 1 heterocycles. The van der Waals surface area contributed by atoms with E-state index in [9.17, 15) is 15.2 Å². The fourth-order valence-corrected chi connectivity index (χ4v) is 2.16. The first-order valence-electron chi connectivity index (χ1n) is 6.23. The number of anilines is 1. The summed E-state index contributed by atoms with van der Waals surface area (Å²) in [5.41, 5.74) is 1.70. The standard InChI is InChI=1S/C13H15ClN4O3/c1-8-3-11(10(14)4-12(8)18(20)21)15-6-13(19)9-5-16-17(2)7-9/h3-5,7,13,15,19H,6H2,1-2H3/t13-/m0/s1. The molecule has 0 unspecified atom stereocenters. The number of nitro benzene ring substituents is 1. The lowest BCUT2D eigenvalue weighted by Crippen LogP contribution is -2.12. The molecule has 1 atom stereocenters. The lowest BCUT2D eigenvalue weighted by Gasteiger charge is -2.13. The highest BCUT2D eigenvalue weighted by atomic mass is 35.5. The minimum Gasteiger partial charge on any atom is -0.386 e. The molecule has 0 amide bonds. The van der Waals surface area contributed by atoms with Gasteiger partial charge in [-0.15, -0.1) is 0 Å². The maximum absolute atomic E-state index is 10.8. The number of nitrogens with zero attached hydrogens (tertiary/aromatic N) is 3. The summed E-state index contributed by atoms with van der Waals surface area (Å²) in [4.78, 5) is 10.3. The van der Waals surface area contributed by atoms with E-state index in [2.05, 4.69) is 10.4 Å². The summed E-state index contributed by atoms with van der Waals surface area (Å²) in [7, 11) is 1.76. The number of nitrogens with one attached hydrogen (secondary N) is 1. The Hall–Kier alpha value is -2.12. The molecule has 0 radical (unpaired) electrons. The number of aliphatic hydroxyl groups excluding tert-OH is 1. The molecule has 0 aliphatic rings. The molecule has 112 valence electrons. The van der Waals surface area contributed by atoms with Crippen molar-refractivity contribution in [1.82, 2.24) is 9.78 Å². The smallest absolute Gasteiger partial charge is 0.273 e. The molecule has 0 spiro atoms. The number of rotatable bonds is 5. The Morgan fingerprint density at radius 1 is 1.57 bits per heavy atom. The lowest BCUT2D eigenvalue weighted by molar-refractivity contribution is -0.385. The number of benzene rings is 1. The van der Waals surface area contributed by atoms with E-state index in [0.717, 1.165) is 0 Å². The first-order valence-corrected chi connectivity index (χ1v) is 6.61. The lowest BCUT2D eigenvalue weighted by atomic mass is 10.1. The zero-order chi connectivity index (χ0) is 15.6. The van der Waals surface area contributed by atoms with Crippen molar-refractivity contribution in [2.24, 2.45) is 7.05 Å². The van der Waals surface area contributed by atoms with E-state index in [0.29, 0.717) is 16.8 Å². The summed E-state index contributed by atoms with van der Waals surface area (Å²) in [6.07, 6.45) is 2.55. The number of hydrogen-bond acceptors (Lipinski definition) is 5. The Bertz CT molecular complexity index is 671. The third kappa shape index (κ3) is 3.50. The SMILES string of the molecule is Cc1cc(NC[C@H](O)c2cnn(C)c2)c(Cl)cc1[N+](=O)[O-]. The predicted molar refractivity (Wildman–Crippen MR) is 79.5 cm³/mol. The molecule has 2 N–H and O–H groups in total. The van der Waals surface area contributed by atoms with E-state index in [1.165, 1.54) is 6.07 Å². The van der Waals surface area contributed by atoms with Crippen LogP contribution in [0.1, 0.15) is 17.2 Å². The summed E-state index contributed by atoms with van der Waals surface area (Å²) in [5.74, 6) is 0. The quantitative estimate of drug-likeness (QED) is 0.653. The molecule has 2 rings (SSSR count). The molecular weight excluding hydrogens is 296 g/mol. The molecule has 1 aromatic carbocycles. The van der Waals surface area contributed by atoms with Crippen molar-refractivity contribution in [3.63, 3.8) is 0 Å². The molecule has 2 aromatic rings. The van der Waals surface area contributed by atoms with E-state index in [4.69, 9.17) is 11.6 Å². The van der Waals surface area contributed by atoms with Gasteiger partial charge in [-0.3, -0.25) is 14.8 Å². The van der Waals surface area contributed by atoms with E-state index in [1.807, 2.05) is 0 Å². The molecule has 8 heteroatoms. The number of aryl methyl sites for hydroxylation is 2. The number of aliphatic hydroxyl groups is 1. The Labute approximate surface area is 126 Å². The van der Waals surface area contributed by atoms with Crippen LogP contribution in [0.25, 0.3) is 0 Å². The van der Waals surface area contributed by atoms with Crippen molar-refractivity contribution < 1.29 is 10.0 Å². The zero-order valence-electron chi connectivity index (χ0n) is 11.6. The van der Waals surface area contributed by atoms with Crippen LogP contribution in [0, 0.1) is 17.0 Å². The van der Waals surface area contributed by atoms with Gasteiger partial charge in [-0.25, -0.2) is 0 Å². The van der Waals surface area contributed by atoms with Gasteiger partial charge in [-0.05, 0) is 13.0 Å². The normalized spacial score (nSPS) is 12.2. The van der Waals surface area contributed by atoms with Crippen LogP contribution in [-0.4, -0.2) is 26.4 Å². The minimum absolute atomic E-state index is 0.0293. The maximum atomic E-state index is 10.8. The third-order valence-electron chi connectivity index (χ3n) is 3.08. The molecule has 21 heavy (non-hydrogen) atoms. The summed E-state index contributed by atoms with van der Waals surface area (Å²) in [6.45, 7) is 1.86. The molecule has 0 bridgehead atoms. The largest absolute Gasteiger partial charge is 0.386 e. The third-order valence-corrected chi connectivity index (χ3v) is 3.39. The second-order valence-corrected chi connectivity index (χ2v) is 5.13. The van der Waals surface area contributed by atoms with Crippen LogP contribution >= 0.6 is 11.6 Å². The minimum atomic E-state index is -0.745. The molecule has 0 saturated carbocycles. The van der Waals surface area contributed by atoms with Crippen LogP contribution in [0.2, 0.25) is 5.02 Å².